The molecule has 0 bridgehead atoms. The number of rotatable bonds is 7. The van der Waals surface area contributed by atoms with E-state index in [-0.39, 0.29) is 18.0 Å². The molecule has 3 rings (SSSR count). The van der Waals surface area contributed by atoms with E-state index >= 15 is 0 Å². The van der Waals surface area contributed by atoms with Crippen molar-refractivity contribution in [2.45, 2.75) is 11.4 Å². The molecule has 7 heteroatoms. The normalized spacial score (nSPS) is 11.4. The molecule has 0 aliphatic carbocycles. The Labute approximate surface area is 163 Å². The molecule has 3 aromatic rings. The first-order chi connectivity index (χ1) is 13.4. The number of sulfonamides is 1. The fourth-order valence-corrected chi connectivity index (χ4v) is 4.05. The molecule has 5 nitrogen and oxygen atoms in total. The molecule has 0 saturated carbocycles. The van der Waals surface area contributed by atoms with Gasteiger partial charge in [-0.05, 0) is 42.0 Å². The standard InChI is InChI=1S/C21H19FN2O3S/c22-18-11-13-19(14-12-18)23-21(25)16-24(15-17-7-3-1-4-8-17)28(26,27)20-9-5-2-6-10-20/h1-14H,15-16H2,(H,23,25). The Bertz CT molecular complexity index is 1020. The molecule has 0 aromatic heterocycles. The number of anilines is 1. The van der Waals surface area contributed by atoms with E-state index in [1.165, 1.54) is 36.4 Å². The van der Waals surface area contributed by atoms with E-state index in [1.54, 1.807) is 42.5 Å². The summed E-state index contributed by atoms with van der Waals surface area (Å²) in [5.41, 5.74) is 1.15. The van der Waals surface area contributed by atoms with Gasteiger partial charge in [-0.2, -0.15) is 4.31 Å². The first kappa shape index (κ1) is 19.7. The Hall–Kier alpha value is -3.03. The quantitative estimate of drug-likeness (QED) is 0.661. The number of carbonyl (C=O) groups excluding carboxylic acids is 1. The SMILES string of the molecule is O=C(CN(Cc1ccccc1)S(=O)(=O)c1ccccc1)Nc1ccc(F)cc1. The molecule has 0 heterocycles. The summed E-state index contributed by atoms with van der Waals surface area (Å²) in [7, 11) is -3.88. The number of nitrogens with zero attached hydrogens (tertiary/aromatic N) is 1. The smallest absolute Gasteiger partial charge is 0.243 e. The third-order valence-electron chi connectivity index (χ3n) is 4.03. The largest absolute Gasteiger partial charge is 0.325 e. The van der Waals surface area contributed by atoms with Gasteiger partial charge in [-0.3, -0.25) is 4.79 Å². The van der Waals surface area contributed by atoms with Crippen molar-refractivity contribution in [2.75, 3.05) is 11.9 Å². The molecule has 144 valence electrons. The minimum atomic E-state index is -3.88. The van der Waals surface area contributed by atoms with Crippen LogP contribution in [0.5, 0.6) is 0 Å². The van der Waals surface area contributed by atoms with Gasteiger partial charge in [0.15, 0.2) is 0 Å². The lowest BCUT2D eigenvalue weighted by Gasteiger charge is -2.22. The van der Waals surface area contributed by atoms with E-state index in [0.717, 1.165) is 9.87 Å². The minimum Gasteiger partial charge on any atom is -0.325 e. The molecular formula is C21H19FN2O3S. The Morgan fingerprint density at radius 2 is 1.43 bits per heavy atom. The van der Waals surface area contributed by atoms with Crippen molar-refractivity contribution in [1.82, 2.24) is 4.31 Å². The molecule has 0 atom stereocenters. The minimum absolute atomic E-state index is 0.0505. The number of amides is 1. The molecule has 0 aliphatic heterocycles. The predicted octanol–water partition coefficient (Wildman–Crippen LogP) is 3.66. The topological polar surface area (TPSA) is 66.5 Å². The van der Waals surface area contributed by atoms with Gasteiger partial charge in [-0.15, -0.1) is 0 Å². The van der Waals surface area contributed by atoms with Crippen molar-refractivity contribution in [3.05, 3.63) is 96.3 Å². The summed E-state index contributed by atoms with van der Waals surface area (Å²) < 4.78 is 40.3. The van der Waals surface area contributed by atoms with E-state index in [1.807, 2.05) is 6.07 Å². The van der Waals surface area contributed by atoms with Crippen LogP contribution < -0.4 is 5.32 Å². The van der Waals surface area contributed by atoms with Crippen LogP contribution in [-0.4, -0.2) is 25.2 Å². The Kier molecular flexibility index (Phi) is 6.18. The lowest BCUT2D eigenvalue weighted by molar-refractivity contribution is -0.116. The van der Waals surface area contributed by atoms with Gasteiger partial charge in [0.1, 0.15) is 5.82 Å². The average Bonchev–Trinajstić information content (AvgIpc) is 2.71. The van der Waals surface area contributed by atoms with Crippen molar-refractivity contribution in [1.29, 1.82) is 0 Å². The average molecular weight is 398 g/mol. The molecule has 0 aliphatic rings. The third-order valence-corrected chi connectivity index (χ3v) is 5.84. The molecule has 0 unspecified atom stereocenters. The summed E-state index contributed by atoms with van der Waals surface area (Å²) in [5, 5.41) is 2.60. The molecule has 1 amide bonds. The molecule has 0 fully saturated rings. The van der Waals surface area contributed by atoms with Gasteiger partial charge < -0.3 is 5.32 Å². The summed E-state index contributed by atoms with van der Waals surface area (Å²) in [6.07, 6.45) is 0. The van der Waals surface area contributed by atoms with Crippen molar-refractivity contribution in [3.63, 3.8) is 0 Å². The van der Waals surface area contributed by atoms with Gasteiger partial charge in [0.05, 0.1) is 11.4 Å². The lowest BCUT2D eigenvalue weighted by Crippen LogP contribution is -2.37. The van der Waals surface area contributed by atoms with E-state index in [9.17, 15) is 17.6 Å². The van der Waals surface area contributed by atoms with Crippen LogP contribution >= 0.6 is 0 Å². The maximum atomic E-state index is 13.1. The van der Waals surface area contributed by atoms with Gasteiger partial charge in [0.2, 0.25) is 15.9 Å². The van der Waals surface area contributed by atoms with Crippen LogP contribution in [0.3, 0.4) is 0 Å². The van der Waals surface area contributed by atoms with Crippen LogP contribution in [-0.2, 0) is 21.4 Å². The number of benzene rings is 3. The fraction of sp³-hybridized carbons (Fsp3) is 0.0952. The van der Waals surface area contributed by atoms with Crippen LogP contribution in [0.2, 0.25) is 0 Å². The van der Waals surface area contributed by atoms with E-state index in [2.05, 4.69) is 5.32 Å². The molecule has 0 radical (unpaired) electrons. The van der Waals surface area contributed by atoms with Gasteiger partial charge in [0, 0.05) is 12.2 Å². The number of carbonyl (C=O) groups is 1. The third kappa shape index (κ3) is 5.03. The predicted molar refractivity (Wildman–Crippen MR) is 106 cm³/mol. The van der Waals surface area contributed by atoms with Gasteiger partial charge >= 0.3 is 0 Å². The zero-order valence-corrected chi connectivity index (χ0v) is 15.8. The Morgan fingerprint density at radius 3 is 2.04 bits per heavy atom. The van der Waals surface area contributed by atoms with E-state index in [4.69, 9.17) is 0 Å². The number of nitrogens with one attached hydrogen (secondary N) is 1. The highest BCUT2D eigenvalue weighted by Crippen LogP contribution is 2.18. The van der Waals surface area contributed by atoms with Crippen molar-refractivity contribution < 1.29 is 17.6 Å². The maximum absolute atomic E-state index is 13.1. The number of hydrogen-bond donors (Lipinski definition) is 1. The van der Waals surface area contributed by atoms with E-state index in [0.29, 0.717) is 5.69 Å². The summed E-state index contributed by atoms with van der Waals surface area (Å²) in [5.74, 6) is -0.933. The van der Waals surface area contributed by atoms with Crippen molar-refractivity contribution in [3.8, 4) is 0 Å². The van der Waals surface area contributed by atoms with Crippen molar-refractivity contribution in [2.24, 2.45) is 0 Å². The Balaban J connectivity index is 1.83. The maximum Gasteiger partial charge on any atom is 0.243 e. The summed E-state index contributed by atoms with van der Waals surface area (Å²) >= 11 is 0. The van der Waals surface area contributed by atoms with Crippen LogP contribution in [0.25, 0.3) is 0 Å². The molecule has 0 saturated heterocycles. The van der Waals surface area contributed by atoms with Crippen LogP contribution in [0, 0.1) is 5.82 Å². The molecule has 3 aromatic carbocycles. The first-order valence-corrected chi connectivity index (χ1v) is 10.0. The first-order valence-electron chi connectivity index (χ1n) is 8.60. The second kappa shape index (κ2) is 8.77. The summed E-state index contributed by atoms with van der Waals surface area (Å²) in [6.45, 7) is -0.321. The summed E-state index contributed by atoms with van der Waals surface area (Å²) in [4.78, 5) is 12.6. The number of halogens is 1. The van der Waals surface area contributed by atoms with Crippen molar-refractivity contribution >= 4 is 21.6 Å². The number of hydrogen-bond acceptors (Lipinski definition) is 3. The monoisotopic (exact) mass is 398 g/mol. The van der Waals surface area contributed by atoms with Crippen LogP contribution in [0.15, 0.2) is 89.8 Å². The van der Waals surface area contributed by atoms with E-state index < -0.39 is 21.7 Å². The molecule has 1 N–H and O–H groups in total. The zero-order valence-electron chi connectivity index (χ0n) is 15.0. The second-order valence-corrected chi connectivity index (χ2v) is 8.06. The second-order valence-electron chi connectivity index (χ2n) is 6.13. The summed E-state index contributed by atoms with van der Waals surface area (Å²) in [6, 6.07) is 22.3. The zero-order chi connectivity index (χ0) is 20.0. The molecule has 28 heavy (non-hydrogen) atoms. The lowest BCUT2D eigenvalue weighted by atomic mass is 10.2. The fourth-order valence-electron chi connectivity index (χ4n) is 2.65. The van der Waals surface area contributed by atoms with Gasteiger partial charge in [-0.1, -0.05) is 48.5 Å². The Morgan fingerprint density at radius 1 is 0.857 bits per heavy atom. The highest BCUT2D eigenvalue weighted by molar-refractivity contribution is 7.89. The highest BCUT2D eigenvalue weighted by Gasteiger charge is 2.26. The van der Waals surface area contributed by atoms with Crippen LogP contribution in [0.1, 0.15) is 5.56 Å². The van der Waals surface area contributed by atoms with Crippen LogP contribution in [0.4, 0.5) is 10.1 Å². The van der Waals surface area contributed by atoms with Gasteiger partial charge in [0.25, 0.3) is 0 Å². The molecular weight excluding hydrogens is 379 g/mol. The van der Waals surface area contributed by atoms with Gasteiger partial charge in [-0.25, -0.2) is 12.8 Å². The highest BCUT2D eigenvalue weighted by atomic mass is 32.2. The molecule has 0 spiro atoms.